The van der Waals surface area contributed by atoms with Crippen molar-refractivity contribution in [1.29, 1.82) is 0 Å². The van der Waals surface area contributed by atoms with Crippen LogP contribution in [0.5, 0.6) is 0 Å². The van der Waals surface area contributed by atoms with E-state index in [1.54, 1.807) is 6.20 Å². The molecule has 112 valence electrons. The molecule has 0 saturated carbocycles. The van der Waals surface area contributed by atoms with E-state index in [1.807, 2.05) is 16.9 Å². The van der Waals surface area contributed by atoms with E-state index in [1.165, 1.54) is 5.56 Å². The molecule has 1 aromatic heterocycles. The molecule has 1 aliphatic heterocycles. The van der Waals surface area contributed by atoms with Crippen LogP contribution in [0, 0.1) is 5.41 Å². The number of nitrogens with two attached hydrogens (primary N) is 1. The molecule has 0 spiro atoms. The molecule has 4 nitrogen and oxygen atoms in total. The summed E-state index contributed by atoms with van der Waals surface area (Å²) in [4.78, 5) is 2.51. The summed E-state index contributed by atoms with van der Waals surface area (Å²) in [5, 5.41) is 4.29. The largest absolute Gasteiger partial charge is 0.327 e. The van der Waals surface area contributed by atoms with Crippen LogP contribution in [0.1, 0.15) is 25.8 Å². The van der Waals surface area contributed by atoms with Crippen molar-refractivity contribution in [3.05, 3.63) is 48.3 Å². The first-order chi connectivity index (χ1) is 10.0. The molecule has 0 aliphatic carbocycles. The van der Waals surface area contributed by atoms with Crippen LogP contribution in [-0.2, 0) is 6.54 Å². The number of hydrogen-bond acceptors (Lipinski definition) is 3. The number of piperidine rings is 1. The summed E-state index contributed by atoms with van der Waals surface area (Å²) >= 11 is 0. The number of likely N-dealkylation sites (tertiary alicyclic amines) is 1. The molecule has 2 heterocycles. The number of rotatable bonds is 3. The lowest BCUT2D eigenvalue weighted by Gasteiger charge is -2.42. The van der Waals surface area contributed by atoms with Crippen LogP contribution in [0.4, 0.5) is 0 Å². The van der Waals surface area contributed by atoms with Gasteiger partial charge >= 0.3 is 0 Å². The van der Waals surface area contributed by atoms with E-state index < -0.39 is 0 Å². The highest BCUT2D eigenvalue weighted by Gasteiger charge is 2.33. The number of nitrogens with zero attached hydrogens (tertiary/aromatic N) is 3. The van der Waals surface area contributed by atoms with E-state index in [0.29, 0.717) is 6.04 Å². The highest BCUT2D eigenvalue weighted by molar-refractivity contribution is 5.35. The molecule has 3 rings (SSSR count). The first-order valence-electron chi connectivity index (χ1n) is 7.61. The molecule has 1 unspecified atom stereocenters. The third-order valence-electron chi connectivity index (χ3n) is 4.48. The second kappa shape index (κ2) is 5.62. The Labute approximate surface area is 126 Å². The summed E-state index contributed by atoms with van der Waals surface area (Å²) in [6, 6.07) is 10.9. The molecule has 1 aliphatic rings. The van der Waals surface area contributed by atoms with Gasteiger partial charge in [0, 0.05) is 38.1 Å². The van der Waals surface area contributed by atoms with Crippen LogP contribution in [0.25, 0.3) is 5.69 Å². The van der Waals surface area contributed by atoms with E-state index in [2.05, 4.69) is 48.1 Å². The Morgan fingerprint density at radius 3 is 2.90 bits per heavy atom. The summed E-state index contributed by atoms with van der Waals surface area (Å²) in [5.41, 5.74) is 8.85. The predicted molar refractivity (Wildman–Crippen MR) is 85.2 cm³/mol. The summed E-state index contributed by atoms with van der Waals surface area (Å²) < 4.78 is 1.90. The second-order valence-corrected chi connectivity index (χ2v) is 6.71. The van der Waals surface area contributed by atoms with Crippen LogP contribution < -0.4 is 5.73 Å². The predicted octanol–water partition coefficient (Wildman–Crippen LogP) is 2.43. The van der Waals surface area contributed by atoms with Gasteiger partial charge in [0.1, 0.15) is 0 Å². The third-order valence-corrected chi connectivity index (χ3v) is 4.48. The van der Waals surface area contributed by atoms with Crippen LogP contribution in [0.2, 0.25) is 0 Å². The normalized spacial score (nSPS) is 22.3. The summed E-state index contributed by atoms with van der Waals surface area (Å²) in [6.45, 7) is 7.65. The Kier molecular flexibility index (Phi) is 3.83. The molecular formula is C17H24N4. The highest BCUT2D eigenvalue weighted by Crippen LogP contribution is 2.28. The van der Waals surface area contributed by atoms with Crippen LogP contribution in [0.15, 0.2) is 42.7 Å². The Hall–Kier alpha value is -1.65. The fourth-order valence-electron chi connectivity index (χ4n) is 3.10. The average molecular weight is 284 g/mol. The molecule has 1 fully saturated rings. The first kappa shape index (κ1) is 14.3. The van der Waals surface area contributed by atoms with E-state index >= 15 is 0 Å². The van der Waals surface area contributed by atoms with Gasteiger partial charge in [0.25, 0.3) is 0 Å². The van der Waals surface area contributed by atoms with Crippen molar-refractivity contribution in [2.75, 3.05) is 13.1 Å². The maximum absolute atomic E-state index is 6.22. The van der Waals surface area contributed by atoms with Gasteiger partial charge in [-0.05, 0) is 35.6 Å². The zero-order chi connectivity index (χ0) is 14.9. The maximum Gasteiger partial charge on any atom is 0.0648 e. The van der Waals surface area contributed by atoms with Gasteiger partial charge in [0.2, 0.25) is 0 Å². The van der Waals surface area contributed by atoms with Crippen molar-refractivity contribution in [3.63, 3.8) is 0 Å². The van der Waals surface area contributed by atoms with Crippen molar-refractivity contribution < 1.29 is 0 Å². The minimum Gasteiger partial charge on any atom is -0.327 e. The zero-order valence-corrected chi connectivity index (χ0v) is 12.9. The van der Waals surface area contributed by atoms with E-state index in [4.69, 9.17) is 5.73 Å². The molecule has 1 saturated heterocycles. The molecule has 1 atom stereocenters. The molecule has 2 N–H and O–H groups in total. The van der Waals surface area contributed by atoms with E-state index in [9.17, 15) is 0 Å². The molecule has 4 heteroatoms. The van der Waals surface area contributed by atoms with E-state index in [0.717, 1.165) is 31.7 Å². The van der Waals surface area contributed by atoms with Gasteiger partial charge in [0.15, 0.2) is 0 Å². The standard InChI is InChI=1S/C17H24N4/c1-17(2)13-20(10-7-16(17)18)12-14-5-3-6-15(11-14)21-9-4-8-19-21/h3-6,8-9,11,16H,7,10,12-13,18H2,1-2H3. The Morgan fingerprint density at radius 2 is 2.19 bits per heavy atom. The van der Waals surface area contributed by atoms with Gasteiger partial charge in [-0.2, -0.15) is 5.10 Å². The Morgan fingerprint density at radius 1 is 1.33 bits per heavy atom. The fourth-order valence-corrected chi connectivity index (χ4v) is 3.10. The van der Waals surface area contributed by atoms with Crippen LogP contribution in [0.3, 0.4) is 0 Å². The van der Waals surface area contributed by atoms with Crippen molar-refractivity contribution >= 4 is 0 Å². The second-order valence-electron chi connectivity index (χ2n) is 6.71. The van der Waals surface area contributed by atoms with Gasteiger partial charge in [-0.15, -0.1) is 0 Å². The van der Waals surface area contributed by atoms with Gasteiger partial charge in [0.05, 0.1) is 5.69 Å². The lowest BCUT2D eigenvalue weighted by Crippen LogP contribution is -2.52. The van der Waals surface area contributed by atoms with Crippen LogP contribution >= 0.6 is 0 Å². The van der Waals surface area contributed by atoms with Gasteiger partial charge in [-0.3, -0.25) is 4.90 Å². The molecular weight excluding hydrogens is 260 g/mol. The summed E-state index contributed by atoms with van der Waals surface area (Å²) in [7, 11) is 0. The molecule has 0 radical (unpaired) electrons. The smallest absolute Gasteiger partial charge is 0.0648 e. The fraction of sp³-hybridized carbons (Fsp3) is 0.471. The van der Waals surface area contributed by atoms with Crippen molar-refractivity contribution in [3.8, 4) is 5.69 Å². The summed E-state index contributed by atoms with van der Waals surface area (Å²) in [6.07, 6.45) is 4.86. The monoisotopic (exact) mass is 284 g/mol. The average Bonchev–Trinajstić information content (AvgIpc) is 2.97. The number of benzene rings is 1. The summed E-state index contributed by atoms with van der Waals surface area (Å²) in [5.74, 6) is 0. The molecule has 0 bridgehead atoms. The first-order valence-corrected chi connectivity index (χ1v) is 7.61. The van der Waals surface area contributed by atoms with Crippen molar-refractivity contribution in [2.45, 2.75) is 32.9 Å². The minimum absolute atomic E-state index is 0.192. The molecule has 1 aromatic carbocycles. The van der Waals surface area contributed by atoms with Gasteiger partial charge < -0.3 is 5.73 Å². The molecule has 21 heavy (non-hydrogen) atoms. The third kappa shape index (κ3) is 3.17. The highest BCUT2D eigenvalue weighted by atomic mass is 15.3. The zero-order valence-electron chi connectivity index (χ0n) is 12.9. The lowest BCUT2D eigenvalue weighted by molar-refractivity contribution is 0.0899. The van der Waals surface area contributed by atoms with Gasteiger partial charge in [-0.25, -0.2) is 4.68 Å². The Balaban J connectivity index is 1.72. The maximum atomic E-state index is 6.22. The molecule has 0 amide bonds. The van der Waals surface area contributed by atoms with E-state index in [-0.39, 0.29) is 5.41 Å². The Bertz CT molecular complexity index is 589. The van der Waals surface area contributed by atoms with Gasteiger partial charge in [-0.1, -0.05) is 26.0 Å². The van der Waals surface area contributed by atoms with Crippen LogP contribution in [-0.4, -0.2) is 33.8 Å². The topological polar surface area (TPSA) is 47.1 Å². The molecule has 2 aromatic rings. The number of aromatic nitrogens is 2. The lowest BCUT2D eigenvalue weighted by atomic mass is 9.79. The number of hydrogen-bond donors (Lipinski definition) is 1. The van der Waals surface area contributed by atoms with Crippen molar-refractivity contribution in [2.24, 2.45) is 11.1 Å². The minimum atomic E-state index is 0.192. The quantitative estimate of drug-likeness (QED) is 0.941. The van der Waals surface area contributed by atoms with Crippen molar-refractivity contribution in [1.82, 2.24) is 14.7 Å². The SMILES string of the molecule is CC1(C)CN(Cc2cccc(-n3cccn3)c2)CCC1N.